The molecular formula is C27H26N2. The van der Waals surface area contributed by atoms with Crippen molar-refractivity contribution in [2.24, 2.45) is 0 Å². The minimum absolute atomic E-state index is 0.0468. The number of benzene rings is 2. The highest BCUT2D eigenvalue weighted by atomic mass is 14.6. The first-order valence-electron chi connectivity index (χ1n) is 10.1. The second-order valence-electron chi connectivity index (χ2n) is 8.06. The Bertz CT molecular complexity index is 1070. The van der Waals surface area contributed by atoms with Gasteiger partial charge in [-0.2, -0.15) is 0 Å². The van der Waals surface area contributed by atoms with Gasteiger partial charge < -0.3 is 0 Å². The molecule has 2 aromatic heterocycles. The van der Waals surface area contributed by atoms with Crippen LogP contribution in [0, 0.1) is 0 Å². The molecule has 2 nitrogen and oxygen atoms in total. The van der Waals surface area contributed by atoms with Gasteiger partial charge in [0, 0.05) is 24.8 Å². The summed E-state index contributed by atoms with van der Waals surface area (Å²) < 4.78 is 0. The topological polar surface area (TPSA) is 25.8 Å². The predicted molar refractivity (Wildman–Crippen MR) is 121 cm³/mol. The van der Waals surface area contributed by atoms with Crippen molar-refractivity contribution in [2.45, 2.75) is 32.1 Å². The van der Waals surface area contributed by atoms with Crippen LogP contribution in [0.15, 0.2) is 97.6 Å². The average molecular weight is 379 g/mol. The average Bonchev–Trinajstić information content (AvgIpc) is 2.79. The van der Waals surface area contributed by atoms with Crippen LogP contribution in [0.3, 0.4) is 0 Å². The zero-order valence-corrected chi connectivity index (χ0v) is 17.0. The maximum absolute atomic E-state index is 4.17. The molecule has 0 radical (unpaired) electrons. The maximum Gasteiger partial charge on any atom is 0.0273 e. The van der Waals surface area contributed by atoms with E-state index in [1.54, 1.807) is 0 Å². The van der Waals surface area contributed by atoms with E-state index in [-0.39, 0.29) is 5.41 Å². The van der Waals surface area contributed by atoms with Crippen LogP contribution < -0.4 is 0 Å². The van der Waals surface area contributed by atoms with Gasteiger partial charge in [-0.25, -0.2) is 0 Å². The Kier molecular flexibility index (Phi) is 5.53. The number of hydrogen-bond donors (Lipinski definition) is 0. The molecule has 0 aliphatic carbocycles. The molecule has 2 aromatic carbocycles. The molecule has 0 saturated heterocycles. The summed E-state index contributed by atoms with van der Waals surface area (Å²) in [6.07, 6.45) is 9.55. The smallest absolute Gasteiger partial charge is 0.0273 e. The quantitative estimate of drug-likeness (QED) is 0.372. The van der Waals surface area contributed by atoms with E-state index in [1.807, 2.05) is 24.8 Å². The van der Waals surface area contributed by atoms with Crippen molar-refractivity contribution in [3.05, 3.63) is 109 Å². The lowest BCUT2D eigenvalue weighted by Gasteiger charge is -2.28. The molecule has 0 unspecified atom stereocenters. The van der Waals surface area contributed by atoms with E-state index in [2.05, 4.69) is 96.6 Å². The predicted octanol–water partition coefficient (Wildman–Crippen LogP) is 6.72. The van der Waals surface area contributed by atoms with E-state index in [4.69, 9.17) is 0 Å². The van der Waals surface area contributed by atoms with Crippen LogP contribution in [0.2, 0.25) is 0 Å². The Hall–Kier alpha value is -3.26. The fourth-order valence-corrected chi connectivity index (χ4v) is 3.99. The second kappa shape index (κ2) is 8.40. The Morgan fingerprint density at radius 2 is 1.14 bits per heavy atom. The van der Waals surface area contributed by atoms with Crippen LogP contribution in [-0.4, -0.2) is 9.97 Å². The molecule has 29 heavy (non-hydrogen) atoms. The highest BCUT2D eigenvalue weighted by Gasteiger charge is 2.24. The third-order valence-corrected chi connectivity index (χ3v) is 5.68. The lowest BCUT2D eigenvalue weighted by molar-refractivity contribution is 0.481. The zero-order chi connectivity index (χ0) is 20.1. The summed E-state index contributed by atoms with van der Waals surface area (Å²) in [7, 11) is 0. The Morgan fingerprint density at radius 1 is 0.621 bits per heavy atom. The van der Waals surface area contributed by atoms with Crippen molar-refractivity contribution >= 4 is 0 Å². The van der Waals surface area contributed by atoms with Crippen LogP contribution in [0.25, 0.3) is 22.3 Å². The highest BCUT2D eigenvalue weighted by Crippen LogP contribution is 2.37. The fraction of sp³-hybridized carbons (Fsp3) is 0.185. The molecule has 4 aromatic rings. The lowest BCUT2D eigenvalue weighted by atomic mass is 9.76. The summed E-state index contributed by atoms with van der Waals surface area (Å²) in [6.45, 7) is 4.70. The van der Waals surface area contributed by atoms with Gasteiger partial charge in [-0.3, -0.25) is 9.97 Å². The summed E-state index contributed by atoms with van der Waals surface area (Å²) >= 11 is 0. The van der Waals surface area contributed by atoms with Crippen molar-refractivity contribution in [3.63, 3.8) is 0 Å². The van der Waals surface area contributed by atoms with Crippen LogP contribution in [0.4, 0.5) is 0 Å². The van der Waals surface area contributed by atoms with Crippen molar-refractivity contribution in [2.75, 3.05) is 0 Å². The third kappa shape index (κ3) is 4.27. The van der Waals surface area contributed by atoms with Gasteiger partial charge in [-0.05, 0) is 75.9 Å². The van der Waals surface area contributed by atoms with E-state index >= 15 is 0 Å². The summed E-state index contributed by atoms with van der Waals surface area (Å²) in [5, 5.41) is 0. The maximum atomic E-state index is 4.17. The monoisotopic (exact) mass is 378 g/mol. The van der Waals surface area contributed by atoms with Gasteiger partial charge >= 0.3 is 0 Å². The largest absolute Gasteiger partial charge is 0.265 e. The number of aryl methyl sites for hydroxylation is 1. The minimum atomic E-state index is 0.0468. The standard InChI is InChI=1S/C27H26N2/c1-27(2,26-10-6-5-9-25(26)23-14-19-29-20-15-23)16-11-21-7-3-4-8-24(21)22-12-17-28-18-13-22/h3-10,12-15,17-20H,11,16H2,1-2H3. The van der Waals surface area contributed by atoms with Gasteiger partial charge in [-0.15, -0.1) is 0 Å². The third-order valence-electron chi connectivity index (χ3n) is 5.68. The molecule has 0 fully saturated rings. The Labute approximate surface area is 173 Å². The molecule has 0 aliphatic rings. The molecule has 0 saturated carbocycles. The first-order chi connectivity index (χ1) is 14.1. The molecule has 144 valence electrons. The molecular weight excluding hydrogens is 352 g/mol. The van der Waals surface area contributed by atoms with E-state index in [9.17, 15) is 0 Å². The second-order valence-corrected chi connectivity index (χ2v) is 8.06. The number of aromatic nitrogens is 2. The minimum Gasteiger partial charge on any atom is -0.265 e. The first-order valence-corrected chi connectivity index (χ1v) is 10.1. The first kappa shape index (κ1) is 19.1. The molecule has 0 N–H and O–H groups in total. The van der Waals surface area contributed by atoms with Gasteiger partial charge in [0.05, 0.1) is 0 Å². The Morgan fingerprint density at radius 3 is 1.79 bits per heavy atom. The van der Waals surface area contributed by atoms with Crippen LogP contribution in [0.1, 0.15) is 31.4 Å². The van der Waals surface area contributed by atoms with Crippen LogP contribution in [-0.2, 0) is 11.8 Å². The lowest BCUT2D eigenvalue weighted by Crippen LogP contribution is -2.19. The number of hydrogen-bond acceptors (Lipinski definition) is 2. The molecule has 4 rings (SSSR count). The summed E-state index contributed by atoms with van der Waals surface area (Å²) in [4.78, 5) is 8.33. The van der Waals surface area contributed by atoms with Crippen molar-refractivity contribution in [3.8, 4) is 22.3 Å². The summed E-state index contributed by atoms with van der Waals surface area (Å²) in [6, 6.07) is 25.8. The number of nitrogens with zero attached hydrogens (tertiary/aromatic N) is 2. The van der Waals surface area contributed by atoms with Gasteiger partial charge in [-0.1, -0.05) is 62.4 Å². The fourth-order valence-electron chi connectivity index (χ4n) is 3.99. The van der Waals surface area contributed by atoms with E-state index < -0.39 is 0 Å². The molecule has 2 heteroatoms. The SMILES string of the molecule is CC(C)(CCc1ccccc1-c1ccncc1)c1ccccc1-c1ccncc1. The van der Waals surface area contributed by atoms with E-state index in [0.717, 1.165) is 12.8 Å². The highest BCUT2D eigenvalue weighted by molar-refractivity contribution is 5.69. The molecule has 0 amide bonds. The molecule has 0 spiro atoms. The normalized spacial score (nSPS) is 11.4. The van der Waals surface area contributed by atoms with Gasteiger partial charge in [0.2, 0.25) is 0 Å². The van der Waals surface area contributed by atoms with Gasteiger partial charge in [0.25, 0.3) is 0 Å². The van der Waals surface area contributed by atoms with E-state index in [1.165, 1.54) is 33.4 Å². The van der Waals surface area contributed by atoms with Crippen molar-refractivity contribution in [1.29, 1.82) is 0 Å². The molecule has 2 heterocycles. The van der Waals surface area contributed by atoms with Crippen LogP contribution >= 0.6 is 0 Å². The van der Waals surface area contributed by atoms with E-state index in [0.29, 0.717) is 0 Å². The molecule has 0 atom stereocenters. The van der Waals surface area contributed by atoms with Crippen molar-refractivity contribution < 1.29 is 0 Å². The summed E-state index contributed by atoms with van der Waals surface area (Å²) in [5.41, 5.74) is 7.85. The van der Waals surface area contributed by atoms with Crippen molar-refractivity contribution in [1.82, 2.24) is 9.97 Å². The van der Waals surface area contributed by atoms with Gasteiger partial charge in [0.1, 0.15) is 0 Å². The van der Waals surface area contributed by atoms with Gasteiger partial charge in [0.15, 0.2) is 0 Å². The molecule has 0 aliphatic heterocycles. The zero-order valence-electron chi connectivity index (χ0n) is 17.0. The number of pyridine rings is 2. The molecule has 0 bridgehead atoms. The van der Waals surface area contributed by atoms with Crippen LogP contribution in [0.5, 0.6) is 0 Å². The Balaban J connectivity index is 1.62. The number of rotatable bonds is 6. The summed E-state index contributed by atoms with van der Waals surface area (Å²) in [5.74, 6) is 0.